The van der Waals surface area contributed by atoms with E-state index in [9.17, 15) is 27.1 Å². The van der Waals surface area contributed by atoms with Gasteiger partial charge in [-0.3, -0.25) is 0 Å². The van der Waals surface area contributed by atoms with Gasteiger partial charge >= 0.3 is 6.18 Å². The first-order valence-corrected chi connectivity index (χ1v) is 8.76. The van der Waals surface area contributed by atoms with Crippen molar-refractivity contribution in [3.8, 4) is 0 Å². The molecule has 1 fully saturated rings. The third-order valence-corrected chi connectivity index (χ3v) is 4.52. The van der Waals surface area contributed by atoms with Crippen molar-refractivity contribution < 1.29 is 27.1 Å². The van der Waals surface area contributed by atoms with Crippen molar-refractivity contribution in [2.24, 2.45) is 0 Å². The number of aliphatic hydroxyl groups excluding tert-OH is 1. The molecule has 1 unspecified atom stereocenters. The van der Waals surface area contributed by atoms with Crippen molar-refractivity contribution >= 4 is 17.5 Å². The first kappa shape index (κ1) is 19.7. The highest BCUT2D eigenvalue weighted by atomic mass is 19.4. The van der Waals surface area contributed by atoms with Crippen molar-refractivity contribution in [3.63, 3.8) is 0 Å². The predicted octanol–water partition coefficient (Wildman–Crippen LogP) is 3.37. The standard InChI is InChI=1S/C16H20F5N5O/c1-2-11(16(19,20)21)23-15-25-13(7-4-3-5-10(27)12(7)18)24-14(26-15)22-9-6-8(9)17/h8-11,27H,2-6H2,1H3,(H2,22,23,24,25,26)/t8-,9+,10?,11+/m0/s1. The zero-order valence-corrected chi connectivity index (χ0v) is 14.5. The van der Waals surface area contributed by atoms with Crippen molar-refractivity contribution in [1.29, 1.82) is 0 Å². The smallest absolute Gasteiger partial charge is 0.386 e. The minimum atomic E-state index is -4.53. The normalized spacial score (nSPS) is 26.7. The molecule has 0 aliphatic heterocycles. The Labute approximate surface area is 152 Å². The van der Waals surface area contributed by atoms with Gasteiger partial charge in [0.15, 0.2) is 5.82 Å². The number of alkyl halides is 4. The number of allylic oxidation sites excluding steroid dienone is 1. The van der Waals surface area contributed by atoms with Crippen molar-refractivity contribution in [3.05, 3.63) is 11.7 Å². The molecule has 1 aromatic heterocycles. The van der Waals surface area contributed by atoms with Crippen molar-refractivity contribution in [2.45, 2.75) is 69.6 Å². The van der Waals surface area contributed by atoms with E-state index in [1.165, 1.54) is 6.92 Å². The Morgan fingerprint density at radius 1 is 1.22 bits per heavy atom. The minimum absolute atomic E-state index is 0.0231. The molecule has 1 heterocycles. The average Bonchev–Trinajstić information content (AvgIpc) is 3.28. The van der Waals surface area contributed by atoms with E-state index in [0.29, 0.717) is 6.42 Å². The van der Waals surface area contributed by atoms with E-state index in [0.717, 1.165) is 0 Å². The summed E-state index contributed by atoms with van der Waals surface area (Å²) in [6.07, 6.45) is -5.98. The van der Waals surface area contributed by atoms with E-state index < -0.39 is 36.4 Å². The lowest BCUT2D eigenvalue weighted by Gasteiger charge is -2.22. The maximum absolute atomic E-state index is 14.3. The number of halogens is 5. The molecule has 1 aromatic rings. The van der Waals surface area contributed by atoms with Crippen LogP contribution in [0.3, 0.4) is 0 Å². The van der Waals surface area contributed by atoms with Crippen LogP contribution in [0.1, 0.15) is 44.9 Å². The van der Waals surface area contributed by atoms with Crippen LogP contribution in [-0.4, -0.2) is 50.6 Å². The molecular formula is C16H20F5N5O. The number of hydrogen-bond donors (Lipinski definition) is 3. The number of aliphatic hydroxyl groups is 1. The van der Waals surface area contributed by atoms with Gasteiger partial charge in [-0.15, -0.1) is 0 Å². The molecule has 0 spiro atoms. The highest BCUT2D eigenvalue weighted by Crippen LogP contribution is 2.34. The molecule has 3 rings (SSSR count). The summed E-state index contributed by atoms with van der Waals surface area (Å²) < 4.78 is 66.6. The Kier molecular flexibility index (Phi) is 5.50. The number of aromatic nitrogens is 3. The summed E-state index contributed by atoms with van der Waals surface area (Å²) in [5.41, 5.74) is 0.0231. The lowest BCUT2D eigenvalue weighted by atomic mass is 9.96. The number of nitrogens with zero attached hydrogens (tertiary/aromatic N) is 3. The summed E-state index contributed by atoms with van der Waals surface area (Å²) in [5.74, 6) is -1.49. The van der Waals surface area contributed by atoms with Gasteiger partial charge in [0.1, 0.15) is 24.1 Å². The molecule has 0 bridgehead atoms. The van der Waals surface area contributed by atoms with E-state index in [1.54, 1.807) is 0 Å². The molecule has 27 heavy (non-hydrogen) atoms. The molecule has 6 nitrogen and oxygen atoms in total. The van der Waals surface area contributed by atoms with E-state index in [-0.39, 0.29) is 49.0 Å². The number of nitrogens with one attached hydrogen (secondary N) is 2. The average molecular weight is 393 g/mol. The number of hydrogen-bond acceptors (Lipinski definition) is 6. The van der Waals surface area contributed by atoms with Crippen LogP contribution >= 0.6 is 0 Å². The Morgan fingerprint density at radius 3 is 2.48 bits per heavy atom. The lowest BCUT2D eigenvalue weighted by molar-refractivity contribution is -0.143. The largest absolute Gasteiger partial charge is 0.408 e. The molecule has 0 saturated heterocycles. The highest BCUT2D eigenvalue weighted by Gasteiger charge is 2.40. The van der Waals surface area contributed by atoms with Crippen LogP contribution in [0.4, 0.5) is 33.8 Å². The summed E-state index contributed by atoms with van der Waals surface area (Å²) >= 11 is 0. The van der Waals surface area contributed by atoms with Crippen LogP contribution in [0.2, 0.25) is 0 Å². The zero-order chi connectivity index (χ0) is 19.8. The van der Waals surface area contributed by atoms with Crippen LogP contribution in [-0.2, 0) is 0 Å². The maximum Gasteiger partial charge on any atom is 0.408 e. The third-order valence-electron chi connectivity index (χ3n) is 4.52. The van der Waals surface area contributed by atoms with E-state index in [4.69, 9.17) is 0 Å². The van der Waals surface area contributed by atoms with Crippen molar-refractivity contribution in [2.75, 3.05) is 10.6 Å². The summed E-state index contributed by atoms with van der Waals surface area (Å²) in [5, 5.41) is 14.6. The predicted molar refractivity (Wildman–Crippen MR) is 88.4 cm³/mol. The fraction of sp³-hybridized carbons (Fsp3) is 0.688. The Hall–Kier alpha value is -2.04. The van der Waals surface area contributed by atoms with Gasteiger partial charge in [-0.05, 0) is 25.7 Å². The topological polar surface area (TPSA) is 83.0 Å². The van der Waals surface area contributed by atoms with Gasteiger partial charge in [0.05, 0.1) is 6.04 Å². The second kappa shape index (κ2) is 7.53. The van der Waals surface area contributed by atoms with Gasteiger partial charge in [-0.25, -0.2) is 8.78 Å². The quantitative estimate of drug-likeness (QED) is 0.643. The van der Waals surface area contributed by atoms with Gasteiger partial charge < -0.3 is 15.7 Å². The molecule has 0 aromatic carbocycles. The van der Waals surface area contributed by atoms with E-state index in [2.05, 4.69) is 25.6 Å². The second-order valence-corrected chi connectivity index (χ2v) is 6.69. The molecule has 150 valence electrons. The maximum atomic E-state index is 14.3. The Bertz CT molecular complexity index is 726. The zero-order valence-electron chi connectivity index (χ0n) is 14.5. The van der Waals surface area contributed by atoms with Crippen molar-refractivity contribution in [1.82, 2.24) is 15.0 Å². The van der Waals surface area contributed by atoms with E-state index >= 15 is 0 Å². The molecule has 0 radical (unpaired) electrons. The van der Waals surface area contributed by atoms with Gasteiger partial charge in [0.2, 0.25) is 11.9 Å². The second-order valence-electron chi connectivity index (χ2n) is 6.69. The summed E-state index contributed by atoms with van der Waals surface area (Å²) in [6.45, 7) is 1.35. The summed E-state index contributed by atoms with van der Waals surface area (Å²) in [4.78, 5) is 11.8. The number of anilines is 2. The molecule has 2 aliphatic carbocycles. The van der Waals surface area contributed by atoms with Gasteiger partial charge in [0.25, 0.3) is 0 Å². The van der Waals surface area contributed by atoms with Crippen LogP contribution in [0.5, 0.6) is 0 Å². The Balaban J connectivity index is 1.95. The van der Waals surface area contributed by atoms with Gasteiger partial charge in [-0.2, -0.15) is 28.1 Å². The molecular weight excluding hydrogens is 373 g/mol. The Morgan fingerprint density at radius 2 is 1.89 bits per heavy atom. The minimum Gasteiger partial charge on any atom is -0.386 e. The van der Waals surface area contributed by atoms with Crippen LogP contribution in [0.25, 0.3) is 5.57 Å². The van der Waals surface area contributed by atoms with E-state index in [1.807, 2.05) is 0 Å². The monoisotopic (exact) mass is 393 g/mol. The fourth-order valence-corrected chi connectivity index (χ4v) is 2.83. The highest BCUT2D eigenvalue weighted by molar-refractivity contribution is 5.65. The molecule has 0 amide bonds. The van der Waals surface area contributed by atoms with Gasteiger partial charge in [-0.1, -0.05) is 6.92 Å². The first-order chi connectivity index (χ1) is 12.7. The number of rotatable bonds is 6. The third kappa shape index (κ3) is 4.63. The molecule has 3 N–H and O–H groups in total. The molecule has 4 atom stereocenters. The van der Waals surface area contributed by atoms with Crippen LogP contribution in [0, 0.1) is 0 Å². The fourth-order valence-electron chi connectivity index (χ4n) is 2.83. The summed E-state index contributed by atoms with van der Waals surface area (Å²) in [6, 6.07) is -2.43. The molecule has 1 saturated carbocycles. The SMILES string of the molecule is CC[C@@H](Nc1nc(N[C@@H]2C[C@@H]2F)nc(C2=C(F)C(O)CCC2)n1)C(F)(F)F. The first-order valence-electron chi connectivity index (χ1n) is 8.76. The summed E-state index contributed by atoms with van der Waals surface area (Å²) in [7, 11) is 0. The lowest BCUT2D eigenvalue weighted by Crippen LogP contribution is -2.36. The molecule has 2 aliphatic rings. The van der Waals surface area contributed by atoms with Gasteiger partial charge in [0, 0.05) is 12.0 Å². The molecule has 11 heteroatoms. The van der Waals surface area contributed by atoms with Crippen LogP contribution in [0.15, 0.2) is 5.83 Å². The van der Waals surface area contributed by atoms with Crippen LogP contribution < -0.4 is 10.6 Å².